The molecule has 1 aliphatic carbocycles. The number of hydrogen-bond acceptors (Lipinski definition) is 4. The van der Waals surface area contributed by atoms with E-state index in [2.05, 4.69) is 4.98 Å². The molecule has 0 unspecified atom stereocenters. The van der Waals surface area contributed by atoms with Gasteiger partial charge in [-0.15, -0.1) is 0 Å². The van der Waals surface area contributed by atoms with E-state index in [1.54, 1.807) is 6.92 Å². The molecular weight excluding hydrogens is 371 g/mol. The Morgan fingerprint density at radius 2 is 1.93 bits per heavy atom. The molecule has 8 heteroatoms. The molecule has 1 saturated heterocycles. The minimum absolute atomic E-state index is 0.200. The minimum Gasteiger partial charge on any atom is -0.423 e. The molecule has 0 bridgehead atoms. The lowest BCUT2D eigenvalue weighted by atomic mass is 9.94. The summed E-state index contributed by atoms with van der Waals surface area (Å²) >= 11 is 0. The number of oxazole rings is 1. The minimum atomic E-state index is -4.38. The maximum Gasteiger partial charge on any atom is 0.406 e. The highest BCUT2D eigenvalue weighted by Gasteiger charge is 2.42. The fourth-order valence-electron chi connectivity index (χ4n) is 4.00. The monoisotopic (exact) mass is 395 g/mol. The number of rotatable bonds is 5. The van der Waals surface area contributed by atoms with Gasteiger partial charge in [0.1, 0.15) is 12.1 Å². The van der Waals surface area contributed by atoms with Crippen LogP contribution in [0.1, 0.15) is 32.6 Å². The Morgan fingerprint density at radius 3 is 2.54 bits per heavy atom. The highest BCUT2D eigenvalue weighted by atomic mass is 19.4. The zero-order valence-electron chi connectivity index (χ0n) is 15.8. The summed E-state index contributed by atoms with van der Waals surface area (Å²) in [4.78, 5) is 20.4. The van der Waals surface area contributed by atoms with Gasteiger partial charge in [-0.1, -0.05) is 12.1 Å². The maximum atomic E-state index is 13.0. The second-order valence-electron chi connectivity index (χ2n) is 7.88. The van der Waals surface area contributed by atoms with Crippen molar-refractivity contribution in [1.82, 2.24) is 9.88 Å². The second kappa shape index (κ2) is 7.29. The molecule has 28 heavy (non-hydrogen) atoms. The summed E-state index contributed by atoms with van der Waals surface area (Å²) in [6.07, 6.45) is -1.57. The van der Waals surface area contributed by atoms with E-state index in [1.807, 2.05) is 29.2 Å². The topological polar surface area (TPSA) is 49.6 Å². The van der Waals surface area contributed by atoms with Crippen molar-refractivity contribution in [1.29, 1.82) is 0 Å². The van der Waals surface area contributed by atoms with Crippen molar-refractivity contribution in [2.24, 2.45) is 11.8 Å². The van der Waals surface area contributed by atoms with Gasteiger partial charge in [0.25, 0.3) is 6.01 Å². The largest absolute Gasteiger partial charge is 0.423 e. The Kier molecular flexibility index (Phi) is 4.97. The van der Waals surface area contributed by atoms with E-state index in [4.69, 9.17) is 4.42 Å². The summed E-state index contributed by atoms with van der Waals surface area (Å²) < 4.78 is 44.9. The van der Waals surface area contributed by atoms with Gasteiger partial charge in [-0.25, -0.2) is 0 Å². The van der Waals surface area contributed by atoms with Crippen LogP contribution >= 0.6 is 0 Å². The Morgan fingerprint density at radius 1 is 1.25 bits per heavy atom. The van der Waals surface area contributed by atoms with Crippen LogP contribution < -0.4 is 4.90 Å². The fourth-order valence-corrected chi connectivity index (χ4v) is 4.00. The normalized spacial score (nSPS) is 19.8. The third-order valence-electron chi connectivity index (χ3n) is 5.83. The molecule has 0 radical (unpaired) electrons. The molecule has 2 aliphatic rings. The number of carbonyl (C=O) groups excluding carboxylic acids is 1. The van der Waals surface area contributed by atoms with Crippen LogP contribution in [0.3, 0.4) is 0 Å². The van der Waals surface area contributed by atoms with Crippen molar-refractivity contribution in [2.45, 2.75) is 44.8 Å². The summed E-state index contributed by atoms with van der Waals surface area (Å²) in [5.74, 6) is -0.552. The summed E-state index contributed by atoms with van der Waals surface area (Å²) in [7, 11) is 0. The van der Waals surface area contributed by atoms with E-state index in [1.165, 1.54) is 0 Å². The summed E-state index contributed by atoms with van der Waals surface area (Å²) in [6.45, 7) is 1.67. The Labute approximate surface area is 161 Å². The first kappa shape index (κ1) is 19.1. The van der Waals surface area contributed by atoms with Gasteiger partial charge in [0.15, 0.2) is 5.58 Å². The number of amides is 1. The molecule has 1 aliphatic heterocycles. The summed E-state index contributed by atoms with van der Waals surface area (Å²) in [6, 6.07) is 7.62. The third-order valence-corrected chi connectivity index (χ3v) is 5.83. The number of fused-ring (bicyclic) bond motifs is 1. The lowest BCUT2D eigenvalue weighted by molar-refractivity contribution is -0.169. The van der Waals surface area contributed by atoms with E-state index in [-0.39, 0.29) is 23.8 Å². The number of halogens is 3. The average Bonchev–Trinajstić information content (AvgIpc) is 3.43. The SMILES string of the molecule is C[C@@H](C1CC1)N(CC(F)(F)F)C(=O)C1CCN(c2nc3ccccc3o2)CC1. The van der Waals surface area contributed by atoms with Crippen LogP contribution in [0.15, 0.2) is 28.7 Å². The molecule has 1 aromatic heterocycles. The standard InChI is InChI=1S/C20H24F3N3O2/c1-13(14-6-7-14)26(12-20(21,22)23)18(27)15-8-10-25(11-9-15)19-24-16-4-2-3-5-17(16)28-19/h2-5,13-15H,6-12H2,1H3/t13-/m0/s1. The average molecular weight is 395 g/mol. The molecule has 2 aromatic rings. The second-order valence-corrected chi connectivity index (χ2v) is 7.88. The van der Waals surface area contributed by atoms with Crippen LogP contribution in [0, 0.1) is 11.8 Å². The smallest absolute Gasteiger partial charge is 0.406 e. The lowest BCUT2D eigenvalue weighted by Crippen LogP contribution is -2.50. The van der Waals surface area contributed by atoms with Gasteiger partial charge in [0, 0.05) is 25.0 Å². The number of piperidine rings is 1. The molecule has 1 atom stereocenters. The van der Waals surface area contributed by atoms with Crippen LogP contribution in [0.25, 0.3) is 11.1 Å². The van der Waals surface area contributed by atoms with Crippen molar-refractivity contribution in [3.05, 3.63) is 24.3 Å². The summed E-state index contributed by atoms with van der Waals surface area (Å²) in [5.41, 5.74) is 1.47. The predicted molar refractivity (Wildman–Crippen MR) is 98.9 cm³/mol. The first-order chi connectivity index (χ1) is 13.3. The van der Waals surface area contributed by atoms with Gasteiger partial charge >= 0.3 is 6.18 Å². The van der Waals surface area contributed by atoms with Crippen LogP contribution in [0.5, 0.6) is 0 Å². The van der Waals surface area contributed by atoms with E-state index >= 15 is 0 Å². The zero-order chi connectivity index (χ0) is 19.9. The third kappa shape index (κ3) is 4.10. The zero-order valence-corrected chi connectivity index (χ0v) is 15.8. The number of alkyl halides is 3. The van der Waals surface area contributed by atoms with Gasteiger partial charge in [-0.3, -0.25) is 4.79 Å². The van der Waals surface area contributed by atoms with E-state index in [9.17, 15) is 18.0 Å². The van der Waals surface area contributed by atoms with Crippen LogP contribution in [0.4, 0.5) is 19.2 Å². The maximum absolute atomic E-state index is 13.0. The van der Waals surface area contributed by atoms with Crippen molar-refractivity contribution in [3.63, 3.8) is 0 Å². The molecule has 4 rings (SSSR count). The van der Waals surface area contributed by atoms with Gasteiger partial charge in [0.2, 0.25) is 5.91 Å². The fraction of sp³-hybridized carbons (Fsp3) is 0.600. The Bertz CT molecular complexity index is 806. The van der Waals surface area contributed by atoms with Gasteiger partial charge in [-0.2, -0.15) is 18.2 Å². The summed E-state index contributed by atoms with van der Waals surface area (Å²) in [5, 5.41) is 0. The number of para-hydroxylation sites is 2. The first-order valence-corrected chi connectivity index (χ1v) is 9.79. The van der Waals surface area contributed by atoms with Gasteiger partial charge in [-0.05, 0) is 50.7 Å². The molecule has 0 N–H and O–H groups in total. The highest BCUT2D eigenvalue weighted by Crippen LogP contribution is 2.37. The van der Waals surface area contributed by atoms with E-state index in [0.717, 1.165) is 23.3 Å². The van der Waals surface area contributed by atoms with Crippen LogP contribution in [0.2, 0.25) is 0 Å². The van der Waals surface area contributed by atoms with Gasteiger partial charge < -0.3 is 14.2 Å². The van der Waals surface area contributed by atoms with Crippen molar-refractivity contribution in [2.75, 3.05) is 24.5 Å². The van der Waals surface area contributed by atoms with Gasteiger partial charge in [0.05, 0.1) is 0 Å². The first-order valence-electron chi connectivity index (χ1n) is 9.79. The number of carbonyl (C=O) groups is 1. The highest BCUT2D eigenvalue weighted by molar-refractivity contribution is 5.80. The van der Waals surface area contributed by atoms with Crippen molar-refractivity contribution in [3.8, 4) is 0 Å². The van der Waals surface area contributed by atoms with Crippen molar-refractivity contribution < 1.29 is 22.4 Å². The number of anilines is 1. The van der Waals surface area contributed by atoms with E-state index in [0.29, 0.717) is 37.5 Å². The Hall–Kier alpha value is -2.25. The molecular formula is C20H24F3N3O2. The number of nitrogens with zero attached hydrogens (tertiary/aromatic N) is 3. The Balaban J connectivity index is 1.41. The molecule has 152 valence electrons. The molecule has 2 fully saturated rings. The molecule has 1 amide bonds. The molecule has 5 nitrogen and oxygen atoms in total. The quantitative estimate of drug-likeness (QED) is 0.760. The molecule has 1 aromatic carbocycles. The number of hydrogen-bond donors (Lipinski definition) is 0. The predicted octanol–water partition coefficient (Wildman–Crippen LogP) is 4.23. The molecule has 0 spiro atoms. The van der Waals surface area contributed by atoms with Crippen LogP contribution in [-0.2, 0) is 4.79 Å². The number of aromatic nitrogens is 1. The van der Waals surface area contributed by atoms with E-state index < -0.39 is 12.7 Å². The lowest BCUT2D eigenvalue weighted by Gasteiger charge is -2.36. The molecule has 2 heterocycles. The van der Waals surface area contributed by atoms with Crippen LogP contribution in [-0.4, -0.2) is 47.6 Å². The number of benzene rings is 1. The molecule has 1 saturated carbocycles. The van der Waals surface area contributed by atoms with Crippen molar-refractivity contribution >= 4 is 23.0 Å².